The minimum Gasteiger partial charge on any atom is -0.487 e. The molecular formula is C12H16N2O3. The van der Waals surface area contributed by atoms with Gasteiger partial charge in [0.05, 0.1) is 18.8 Å². The number of nitrogen functional groups attached to an aromatic ring is 1. The van der Waals surface area contributed by atoms with Crippen molar-refractivity contribution in [3.63, 3.8) is 0 Å². The molecule has 5 heteroatoms. The summed E-state index contributed by atoms with van der Waals surface area (Å²) in [7, 11) is 1.58. The molecule has 1 aromatic carbocycles. The number of benzene rings is 1. The van der Waals surface area contributed by atoms with E-state index in [2.05, 4.69) is 5.32 Å². The first-order valence-corrected chi connectivity index (χ1v) is 5.56. The number of hydrogen-bond acceptors (Lipinski definition) is 4. The summed E-state index contributed by atoms with van der Waals surface area (Å²) in [6, 6.07) is 5.02. The Labute approximate surface area is 99.9 Å². The Kier molecular flexibility index (Phi) is 3.49. The number of carbonyl (C=O) groups excluding carboxylic acids is 1. The van der Waals surface area contributed by atoms with Crippen LogP contribution in [0.4, 0.5) is 5.69 Å². The number of ether oxygens (including phenoxy) is 2. The zero-order valence-electron chi connectivity index (χ0n) is 9.73. The third kappa shape index (κ3) is 2.68. The third-order valence-corrected chi connectivity index (χ3v) is 2.66. The summed E-state index contributed by atoms with van der Waals surface area (Å²) in [6.07, 6.45) is 0.835. The molecule has 2 rings (SSSR count). The molecule has 0 aromatic heterocycles. The highest BCUT2D eigenvalue weighted by molar-refractivity contribution is 5.97. The maximum Gasteiger partial charge on any atom is 0.254 e. The van der Waals surface area contributed by atoms with Gasteiger partial charge >= 0.3 is 0 Å². The molecule has 1 unspecified atom stereocenters. The van der Waals surface area contributed by atoms with Gasteiger partial charge in [-0.05, 0) is 12.1 Å². The van der Waals surface area contributed by atoms with Gasteiger partial charge in [0.15, 0.2) is 0 Å². The van der Waals surface area contributed by atoms with E-state index in [4.69, 9.17) is 15.2 Å². The summed E-state index contributed by atoms with van der Waals surface area (Å²) in [4.78, 5) is 11.7. The molecule has 0 aliphatic carbocycles. The van der Waals surface area contributed by atoms with Crippen LogP contribution in [-0.2, 0) is 4.74 Å². The van der Waals surface area contributed by atoms with Crippen molar-refractivity contribution >= 4 is 11.6 Å². The monoisotopic (exact) mass is 236 g/mol. The zero-order valence-corrected chi connectivity index (χ0v) is 9.73. The van der Waals surface area contributed by atoms with Crippen LogP contribution >= 0.6 is 0 Å². The molecule has 0 spiro atoms. The molecule has 3 N–H and O–H groups in total. The first kappa shape index (κ1) is 11.7. The quantitative estimate of drug-likeness (QED) is 0.761. The van der Waals surface area contributed by atoms with Gasteiger partial charge in [-0.25, -0.2) is 0 Å². The summed E-state index contributed by atoms with van der Waals surface area (Å²) in [5.41, 5.74) is 6.77. The predicted octanol–water partition coefficient (Wildman–Crippen LogP) is 0.796. The molecule has 0 radical (unpaired) electrons. The van der Waals surface area contributed by atoms with Gasteiger partial charge in [-0.1, -0.05) is 0 Å². The fraction of sp³-hybridized carbons (Fsp3) is 0.417. The van der Waals surface area contributed by atoms with Crippen LogP contribution in [0.3, 0.4) is 0 Å². The lowest BCUT2D eigenvalue weighted by Crippen LogP contribution is -2.22. The molecule has 1 aliphatic rings. The fourth-order valence-electron chi connectivity index (χ4n) is 1.74. The number of amides is 1. The molecule has 1 saturated heterocycles. The van der Waals surface area contributed by atoms with Gasteiger partial charge in [-0.2, -0.15) is 0 Å². The van der Waals surface area contributed by atoms with Crippen LogP contribution in [0, 0.1) is 0 Å². The van der Waals surface area contributed by atoms with Crippen molar-refractivity contribution in [2.45, 2.75) is 12.5 Å². The second-order valence-electron chi connectivity index (χ2n) is 3.94. The van der Waals surface area contributed by atoms with Crippen molar-refractivity contribution in [2.75, 3.05) is 26.0 Å². The SMILES string of the molecule is CNC(=O)c1ccc(N)cc1OC1CCOC1. The lowest BCUT2D eigenvalue weighted by molar-refractivity contribution is 0.0952. The molecule has 1 amide bonds. The molecule has 1 atom stereocenters. The summed E-state index contributed by atoms with van der Waals surface area (Å²) in [5, 5.41) is 2.58. The maximum atomic E-state index is 11.7. The van der Waals surface area contributed by atoms with Crippen LogP contribution in [0.15, 0.2) is 18.2 Å². The van der Waals surface area contributed by atoms with E-state index in [-0.39, 0.29) is 12.0 Å². The largest absolute Gasteiger partial charge is 0.487 e. The molecule has 5 nitrogen and oxygen atoms in total. The highest BCUT2D eigenvalue weighted by Crippen LogP contribution is 2.24. The van der Waals surface area contributed by atoms with Crippen molar-refractivity contribution in [1.82, 2.24) is 5.32 Å². The lowest BCUT2D eigenvalue weighted by atomic mass is 10.1. The Hall–Kier alpha value is -1.75. The van der Waals surface area contributed by atoms with Crippen molar-refractivity contribution < 1.29 is 14.3 Å². The average Bonchev–Trinajstić information content (AvgIpc) is 2.81. The van der Waals surface area contributed by atoms with E-state index in [1.807, 2.05) is 0 Å². The van der Waals surface area contributed by atoms with E-state index >= 15 is 0 Å². The Morgan fingerprint density at radius 2 is 2.41 bits per heavy atom. The number of nitrogens with two attached hydrogens (primary N) is 1. The fourth-order valence-corrected chi connectivity index (χ4v) is 1.74. The molecular weight excluding hydrogens is 220 g/mol. The minimum absolute atomic E-state index is 0.000191. The first-order chi connectivity index (χ1) is 8.20. The van der Waals surface area contributed by atoms with Crippen LogP contribution in [0.2, 0.25) is 0 Å². The topological polar surface area (TPSA) is 73.6 Å². The smallest absolute Gasteiger partial charge is 0.254 e. The molecule has 1 aromatic rings. The van der Waals surface area contributed by atoms with Crippen LogP contribution < -0.4 is 15.8 Å². The molecule has 1 heterocycles. The van der Waals surface area contributed by atoms with Gasteiger partial charge in [0.25, 0.3) is 5.91 Å². The predicted molar refractivity (Wildman–Crippen MR) is 64.1 cm³/mol. The minimum atomic E-state index is -0.182. The van der Waals surface area contributed by atoms with Crippen LogP contribution in [0.5, 0.6) is 5.75 Å². The number of rotatable bonds is 3. The Balaban J connectivity index is 2.22. The normalized spacial score (nSPS) is 19.0. The Morgan fingerprint density at radius 3 is 3.06 bits per heavy atom. The summed E-state index contributed by atoms with van der Waals surface area (Å²) in [5.74, 6) is 0.332. The molecule has 1 fully saturated rings. The number of hydrogen-bond donors (Lipinski definition) is 2. The molecule has 92 valence electrons. The van der Waals surface area contributed by atoms with Crippen molar-refractivity contribution in [2.24, 2.45) is 0 Å². The van der Waals surface area contributed by atoms with E-state index in [9.17, 15) is 4.79 Å². The van der Waals surface area contributed by atoms with Gasteiger partial charge < -0.3 is 20.5 Å². The summed E-state index contributed by atoms with van der Waals surface area (Å²) in [6.45, 7) is 1.25. The number of anilines is 1. The second kappa shape index (κ2) is 5.05. The van der Waals surface area contributed by atoms with E-state index < -0.39 is 0 Å². The lowest BCUT2D eigenvalue weighted by Gasteiger charge is -2.15. The second-order valence-corrected chi connectivity index (χ2v) is 3.94. The number of carbonyl (C=O) groups is 1. The number of nitrogens with one attached hydrogen (secondary N) is 1. The summed E-state index contributed by atoms with van der Waals surface area (Å²) >= 11 is 0. The molecule has 17 heavy (non-hydrogen) atoms. The highest BCUT2D eigenvalue weighted by Gasteiger charge is 2.20. The highest BCUT2D eigenvalue weighted by atomic mass is 16.5. The zero-order chi connectivity index (χ0) is 12.3. The summed E-state index contributed by atoms with van der Waals surface area (Å²) < 4.78 is 11.0. The standard InChI is InChI=1S/C12H16N2O3/c1-14-12(15)10-3-2-8(13)6-11(10)17-9-4-5-16-7-9/h2-3,6,9H,4-5,7,13H2,1H3,(H,14,15). The van der Waals surface area contributed by atoms with E-state index in [0.29, 0.717) is 30.2 Å². The Bertz CT molecular complexity index is 414. The van der Waals surface area contributed by atoms with Gasteiger partial charge in [-0.15, -0.1) is 0 Å². The Morgan fingerprint density at radius 1 is 1.59 bits per heavy atom. The van der Waals surface area contributed by atoms with Gasteiger partial charge in [-0.3, -0.25) is 4.79 Å². The van der Waals surface area contributed by atoms with Gasteiger partial charge in [0, 0.05) is 25.2 Å². The average molecular weight is 236 g/mol. The third-order valence-electron chi connectivity index (χ3n) is 2.66. The first-order valence-electron chi connectivity index (χ1n) is 5.56. The molecule has 0 saturated carbocycles. The van der Waals surface area contributed by atoms with Crippen molar-refractivity contribution in [1.29, 1.82) is 0 Å². The van der Waals surface area contributed by atoms with Crippen LogP contribution in [0.25, 0.3) is 0 Å². The van der Waals surface area contributed by atoms with Crippen LogP contribution in [0.1, 0.15) is 16.8 Å². The maximum absolute atomic E-state index is 11.7. The van der Waals surface area contributed by atoms with Crippen LogP contribution in [-0.4, -0.2) is 32.3 Å². The molecule has 0 bridgehead atoms. The van der Waals surface area contributed by atoms with Crippen molar-refractivity contribution in [3.05, 3.63) is 23.8 Å². The van der Waals surface area contributed by atoms with E-state index in [1.54, 1.807) is 25.2 Å². The van der Waals surface area contributed by atoms with E-state index in [0.717, 1.165) is 6.42 Å². The van der Waals surface area contributed by atoms with Gasteiger partial charge in [0.2, 0.25) is 0 Å². The molecule has 1 aliphatic heterocycles. The van der Waals surface area contributed by atoms with E-state index in [1.165, 1.54) is 0 Å². The van der Waals surface area contributed by atoms with Gasteiger partial charge in [0.1, 0.15) is 11.9 Å². The van der Waals surface area contributed by atoms with Crippen molar-refractivity contribution in [3.8, 4) is 5.75 Å².